The lowest BCUT2D eigenvalue weighted by atomic mass is 10.1. The van der Waals surface area contributed by atoms with E-state index in [1.165, 1.54) is 5.56 Å². The minimum Gasteiger partial charge on any atom is -0.494 e. The zero-order valence-corrected chi connectivity index (χ0v) is 9.05. The van der Waals surface area contributed by atoms with Gasteiger partial charge in [0.1, 0.15) is 5.75 Å². The van der Waals surface area contributed by atoms with Crippen LogP contribution in [0.4, 0.5) is 5.69 Å². The third-order valence-electron chi connectivity index (χ3n) is 2.08. The summed E-state index contributed by atoms with van der Waals surface area (Å²) in [7, 11) is 0. The van der Waals surface area contributed by atoms with Gasteiger partial charge in [0.15, 0.2) is 0 Å². The standard InChI is InChI=1S/C12H17NO/c1-5-13-11-7-10(4)12(14-6-2)8-9(11)3/h5,7-8,13H,1,6H2,2-4H3. The Morgan fingerprint density at radius 3 is 2.64 bits per heavy atom. The van der Waals surface area contributed by atoms with E-state index >= 15 is 0 Å². The third kappa shape index (κ3) is 2.28. The molecule has 0 amide bonds. The van der Waals surface area contributed by atoms with Gasteiger partial charge < -0.3 is 10.1 Å². The van der Waals surface area contributed by atoms with Gasteiger partial charge in [-0.25, -0.2) is 0 Å². The van der Waals surface area contributed by atoms with Gasteiger partial charge >= 0.3 is 0 Å². The minimum absolute atomic E-state index is 0.703. The van der Waals surface area contributed by atoms with E-state index in [0.717, 1.165) is 17.0 Å². The Morgan fingerprint density at radius 2 is 2.07 bits per heavy atom. The van der Waals surface area contributed by atoms with Crippen LogP contribution < -0.4 is 10.1 Å². The number of nitrogens with one attached hydrogen (secondary N) is 1. The summed E-state index contributed by atoms with van der Waals surface area (Å²) in [6, 6.07) is 4.12. The molecule has 2 heteroatoms. The Kier molecular flexibility index (Phi) is 3.57. The minimum atomic E-state index is 0.703. The molecule has 0 aliphatic heterocycles. The normalized spacial score (nSPS) is 9.64. The molecule has 1 aromatic carbocycles. The molecular formula is C12H17NO. The monoisotopic (exact) mass is 191 g/mol. The molecule has 0 saturated heterocycles. The predicted molar refractivity (Wildman–Crippen MR) is 60.9 cm³/mol. The summed E-state index contributed by atoms with van der Waals surface area (Å²) in [4.78, 5) is 0. The van der Waals surface area contributed by atoms with Crippen LogP contribution in [-0.4, -0.2) is 6.61 Å². The lowest BCUT2D eigenvalue weighted by Gasteiger charge is -2.12. The molecule has 0 radical (unpaired) electrons. The average Bonchev–Trinajstić information content (AvgIpc) is 2.14. The summed E-state index contributed by atoms with van der Waals surface area (Å²) in [5.74, 6) is 0.958. The van der Waals surface area contributed by atoms with Crippen molar-refractivity contribution in [3.05, 3.63) is 36.0 Å². The van der Waals surface area contributed by atoms with Gasteiger partial charge in [0.25, 0.3) is 0 Å². The van der Waals surface area contributed by atoms with Crippen LogP contribution in [0.2, 0.25) is 0 Å². The molecule has 0 aliphatic carbocycles. The van der Waals surface area contributed by atoms with Gasteiger partial charge in [-0.05, 0) is 50.2 Å². The molecule has 0 fully saturated rings. The van der Waals surface area contributed by atoms with Gasteiger partial charge in [0, 0.05) is 5.69 Å². The number of benzene rings is 1. The van der Waals surface area contributed by atoms with Crippen molar-refractivity contribution in [3.63, 3.8) is 0 Å². The fourth-order valence-electron chi connectivity index (χ4n) is 1.37. The van der Waals surface area contributed by atoms with Crippen molar-refractivity contribution in [2.45, 2.75) is 20.8 Å². The molecule has 0 unspecified atom stereocenters. The highest BCUT2D eigenvalue weighted by Crippen LogP contribution is 2.26. The Hall–Kier alpha value is -1.44. The lowest BCUT2D eigenvalue weighted by molar-refractivity contribution is 0.338. The average molecular weight is 191 g/mol. The van der Waals surface area contributed by atoms with Crippen molar-refractivity contribution in [1.29, 1.82) is 0 Å². The van der Waals surface area contributed by atoms with Crippen molar-refractivity contribution in [1.82, 2.24) is 0 Å². The Bertz CT molecular complexity index is 331. The quantitative estimate of drug-likeness (QED) is 0.788. The van der Waals surface area contributed by atoms with Gasteiger partial charge in [-0.2, -0.15) is 0 Å². The van der Waals surface area contributed by atoms with Crippen molar-refractivity contribution in [2.75, 3.05) is 11.9 Å². The van der Waals surface area contributed by atoms with Crippen LogP contribution in [0.3, 0.4) is 0 Å². The molecule has 1 aromatic rings. The maximum Gasteiger partial charge on any atom is 0.122 e. The zero-order valence-electron chi connectivity index (χ0n) is 9.05. The summed E-state index contributed by atoms with van der Waals surface area (Å²) in [6.07, 6.45) is 1.68. The van der Waals surface area contributed by atoms with E-state index in [1.807, 2.05) is 26.8 Å². The van der Waals surface area contributed by atoms with Crippen molar-refractivity contribution in [3.8, 4) is 5.75 Å². The number of hydrogen-bond acceptors (Lipinski definition) is 2. The molecule has 0 spiro atoms. The first-order chi connectivity index (χ1) is 6.69. The number of anilines is 1. The number of rotatable bonds is 4. The Labute approximate surface area is 85.6 Å². The maximum atomic E-state index is 5.50. The van der Waals surface area contributed by atoms with E-state index in [-0.39, 0.29) is 0 Å². The van der Waals surface area contributed by atoms with Crippen LogP contribution in [0.1, 0.15) is 18.1 Å². The Morgan fingerprint density at radius 1 is 1.36 bits per heavy atom. The van der Waals surface area contributed by atoms with Crippen LogP contribution in [0.25, 0.3) is 0 Å². The van der Waals surface area contributed by atoms with E-state index in [1.54, 1.807) is 6.20 Å². The van der Waals surface area contributed by atoms with Crippen LogP contribution in [0, 0.1) is 13.8 Å². The molecule has 0 atom stereocenters. The van der Waals surface area contributed by atoms with Crippen LogP contribution >= 0.6 is 0 Å². The molecule has 1 N–H and O–H groups in total. The predicted octanol–water partition coefficient (Wildman–Crippen LogP) is 3.26. The highest BCUT2D eigenvalue weighted by molar-refractivity contribution is 5.58. The van der Waals surface area contributed by atoms with E-state index < -0.39 is 0 Å². The first-order valence-electron chi connectivity index (χ1n) is 4.80. The van der Waals surface area contributed by atoms with E-state index in [0.29, 0.717) is 6.61 Å². The molecule has 0 bridgehead atoms. The summed E-state index contributed by atoms with van der Waals surface area (Å²) in [6.45, 7) is 10.4. The SMILES string of the molecule is C=CNc1cc(C)c(OCC)cc1C. The smallest absolute Gasteiger partial charge is 0.122 e. The number of aryl methyl sites for hydroxylation is 2. The second kappa shape index (κ2) is 4.70. The summed E-state index contributed by atoms with van der Waals surface area (Å²) < 4.78 is 5.50. The molecule has 0 aromatic heterocycles. The molecular weight excluding hydrogens is 174 g/mol. The Balaban J connectivity index is 3.03. The van der Waals surface area contributed by atoms with Crippen LogP contribution in [0.5, 0.6) is 5.75 Å². The third-order valence-corrected chi connectivity index (χ3v) is 2.08. The first kappa shape index (κ1) is 10.6. The van der Waals surface area contributed by atoms with Gasteiger partial charge in [0.05, 0.1) is 6.61 Å². The van der Waals surface area contributed by atoms with Gasteiger partial charge in [-0.3, -0.25) is 0 Å². The molecule has 0 aliphatic rings. The number of ether oxygens (including phenoxy) is 1. The lowest BCUT2D eigenvalue weighted by Crippen LogP contribution is -1.97. The van der Waals surface area contributed by atoms with Crippen LogP contribution in [0.15, 0.2) is 24.9 Å². The molecule has 0 saturated carbocycles. The fourth-order valence-corrected chi connectivity index (χ4v) is 1.37. The topological polar surface area (TPSA) is 21.3 Å². The molecule has 2 nitrogen and oxygen atoms in total. The fraction of sp³-hybridized carbons (Fsp3) is 0.333. The second-order valence-electron chi connectivity index (χ2n) is 3.21. The molecule has 14 heavy (non-hydrogen) atoms. The maximum absolute atomic E-state index is 5.50. The zero-order chi connectivity index (χ0) is 10.6. The van der Waals surface area contributed by atoms with E-state index in [4.69, 9.17) is 4.74 Å². The van der Waals surface area contributed by atoms with Gasteiger partial charge in [-0.1, -0.05) is 6.58 Å². The van der Waals surface area contributed by atoms with E-state index in [9.17, 15) is 0 Å². The molecule has 0 heterocycles. The summed E-state index contributed by atoms with van der Waals surface area (Å²) in [5.41, 5.74) is 3.39. The van der Waals surface area contributed by atoms with E-state index in [2.05, 4.69) is 18.0 Å². The van der Waals surface area contributed by atoms with Crippen molar-refractivity contribution >= 4 is 5.69 Å². The van der Waals surface area contributed by atoms with Crippen molar-refractivity contribution < 1.29 is 4.74 Å². The highest BCUT2D eigenvalue weighted by atomic mass is 16.5. The molecule has 76 valence electrons. The largest absolute Gasteiger partial charge is 0.494 e. The summed E-state index contributed by atoms with van der Waals surface area (Å²) in [5, 5.41) is 3.09. The second-order valence-corrected chi connectivity index (χ2v) is 3.21. The molecule has 1 rings (SSSR count). The van der Waals surface area contributed by atoms with Gasteiger partial charge in [0.2, 0.25) is 0 Å². The van der Waals surface area contributed by atoms with Crippen LogP contribution in [-0.2, 0) is 0 Å². The highest BCUT2D eigenvalue weighted by Gasteiger charge is 2.03. The summed E-state index contributed by atoms with van der Waals surface area (Å²) >= 11 is 0. The van der Waals surface area contributed by atoms with Gasteiger partial charge in [-0.15, -0.1) is 0 Å². The first-order valence-corrected chi connectivity index (χ1v) is 4.80. The number of hydrogen-bond donors (Lipinski definition) is 1. The van der Waals surface area contributed by atoms with Crippen molar-refractivity contribution in [2.24, 2.45) is 0 Å².